The number of anilines is 2. The molecular formula is C22H21N5O3S. The molecule has 4 aromatic rings. The highest BCUT2D eigenvalue weighted by Gasteiger charge is 2.23. The Morgan fingerprint density at radius 3 is 2.52 bits per heavy atom. The van der Waals surface area contributed by atoms with Gasteiger partial charge < -0.3 is 20.2 Å². The number of nitrogen functional groups attached to an aromatic ring is 1. The Hall–Kier alpha value is -3.72. The summed E-state index contributed by atoms with van der Waals surface area (Å²) in [6.45, 7) is 5.38. The van der Waals surface area contributed by atoms with Gasteiger partial charge in [-0.2, -0.15) is 0 Å². The Bertz CT molecular complexity index is 1270. The number of ether oxygens (including phenoxy) is 1. The number of nitrogens with zero attached hydrogens (tertiary/aromatic N) is 3. The van der Waals surface area contributed by atoms with Crippen molar-refractivity contribution in [1.82, 2.24) is 14.4 Å². The number of benzene rings is 1. The molecule has 3 aromatic heterocycles. The van der Waals surface area contributed by atoms with Crippen LogP contribution < -0.4 is 11.1 Å². The quantitative estimate of drug-likeness (QED) is 0.464. The van der Waals surface area contributed by atoms with Crippen LogP contribution in [0.5, 0.6) is 0 Å². The van der Waals surface area contributed by atoms with Crippen molar-refractivity contribution in [3.8, 4) is 11.3 Å². The largest absolute Gasteiger partial charge is 0.455 e. The lowest BCUT2D eigenvalue weighted by atomic mass is 10.2. The number of nitrogens with one attached hydrogen (secondary N) is 1. The Morgan fingerprint density at radius 1 is 1.06 bits per heavy atom. The van der Waals surface area contributed by atoms with Crippen molar-refractivity contribution in [3.05, 3.63) is 65.6 Å². The molecule has 9 heteroatoms. The summed E-state index contributed by atoms with van der Waals surface area (Å²) in [4.78, 5) is 33.6. The van der Waals surface area contributed by atoms with Crippen LogP contribution in [0.2, 0.25) is 0 Å². The summed E-state index contributed by atoms with van der Waals surface area (Å²) < 4.78 is 7.09. The monoisotopic (exact) mass is 435 g/mol. The van der Waals surface area contributed by atoms with Crippen molar-refractivity contribution >= 4 is 39.5 Å². The molecule has 0 spiro atoms. The summed E-state index contributed by atoms with van der Waals surface area (Å²) in [6.07, 6.45) is 3.40. The van der Waals surface area contributed by atoms with E-state index < -0.39 is 11.6 Å². The zero-order valence-corrected chi connectivity index (χ0v) is 18.1. The Morgan fingerprint density at radius 2 is 1.81 bits per heavy atom. The van der Waals surface area contributed by atoms with Crippen LogP contribution in [-0.4, -0.2) is 31.8 Å². The average Bonchev–Trinajstić information content (AvgIpc) is 3.30. The summed E-state index contributed by atoms with van der Waals surface area (Å²) in [5, 5.41) is 3.41. The van der Waals surface area contributed by atoms with E-state index in [1.807, 2.05) is 18.2 Å². The van der Waals surface area contributed by atoms with Gasteiger partial charge in [0.15, 0.2) is 0 Å². The Labute approximate surface area is 182 Å². The smallest absolute Gasteiger partial charge is 0.368 e. The van der Waals surface area contributed by atoms with E-state index in [-0.39, 0.29) is 16.6 Å². The van der Waals surface area contributed by atoms with Crippen LogP contribution in [0.3, 0.4) is 0 Å². The van der Waals surface area contributed by atoms with Gasteiger partial charge in [-0.1, -0.05) is 29.5 Å². The highest BCUT2D eigenvalue weighted by molar-refractivity contribution is 7.17. The summed E-state index contributed by atoms with van der Waals surface area (Å²) in [5.41, 5.74) is 8.25. The number of esters is 1. The average molecular weight is 436 g/mol. The van der Waals surface area contributed by atoms with E-state index in [0.717, 1.165) is 11.3 Å². The van der Waals surface area contributed by atoms with Crippen LogP contribution in [0.25, 0.3) is 16.9 Å². The molecule has 3 heterocycles. The first-order valence-electron chi connectivity index (χ1n) is 9.55. The number of pyridine rings is 1. The van der Waals surface area contributed by atoms with Crippen LogP contribution in [0.1, 0.15) is 41.1 Å². The SMILES string of the molecule is CC(C)(C)OC(=O)c1nc(-c2ccc3nc(C(=O)Nc4ccccc4)cn3c2)c(N)s1. The fourth-order valence-corrected chi connectivity index (χ4v) is 3.64. The topological polar surface area (TPSA) is 112 Å². The summed E-state index contributed by atoms with van der Waals surface area (Å²) in [6, 6.07) is 12.7. The van der Waals surface area contributed by atoms with Gasteiger partial charge in [-0.25, -0.2) is 14.8 Å². The van der Waals surface area contributed by atoms with E-state index in [9.17, 15) is 9.59 Å². The molecule has 0 radical (unpaired) electrons. The first-order chi connectivity index (χ1) is 14.7. The molecule has 0 aliphatic carbocycles. The van der Waals surface area contributed by atoms with Gasteiger partial charge in [-0.15, -0.1) is 0 Å². The molecule has 0 saturated heterocycles. The van der Waals surface area contributed by atoms with Gasteiger partial charge in [0.1, 0.15) is 27.6 Å². The minimum Gasteiger partial charge on any atom is -0.455 e. The van der Waals surface area contributed by atoms with Gasteiger partial charge in [-0.05, 0) is 45.0 Å². The van der Waals surface area contributed by atoms with Crippen molar-refractivity contribution < 1.29 is 14.3 Å². The fraction of sp³-hybridized carbons (Fsp3) is 0.182. The molecule has 8 nitrogen and oxygen atoms in total. The number of carbonyl (C=O) groups is 2. The molecule has 4 rings (SSSR count). The van der Waals surface area contributed by atoms with Crippen LogP contribution in [0.15, 0.2) is 54.9 Å². The van der Waals surface area contributed by atoms with E-state index in [0.29, 0.717) is 27.6 Å². The maximum Gasteiger partial charge on any atom is 0.368 e. The normalized spacial score (nSPS) is 11.5. The predicted octanol–water partition coefficient (Wildman–Crippen LogP) is 4.25. The van der Waals surface area contributed by atoms with E-state index in [4.69, 9.17) is 10.5 Å². The predicted molar refractivity (Wildman–Crippen MR) is 120 cm³/mol. The van der Waals surface area contributed by atoms with Gasteiger partial charge in [0.25, 0.3) is 5.91 Å². The van der Waals surface area contributed by atoms with E-state index in [1.54, 1.807) is 61.8 Å². The third-order valence-corrected chi connectivity index (χ3v) is 5.08. The second-order valence-electron chi connectivity index (χ2n) is 7.86. The third kappa shape index (κ3) is 4.56. The van der Waals surface area contributed by atoms with Gasteiger partial charge >= 0.3 is 5.97 Å². The molecular weight excluding hydrogens is 414 g/mol. The first-order valence-corrected chi connectivity index (χ1v) is 10.4. The Balaban J connectivity index is 1.60. The summed E-state index contributed by atoms with van der Waals surface area (Å²) in [7, 11) is 0. The number of nitrogens with two attached hydrogens (primary N) is 1. The zero-order valence-electron chi connectivity index (χ0n) is 17.2. The lowest BCUT2D eigenvalue weighted by molar-refractivity contribution is 0.00692. The number of fused-ring (bicyclic) bond motifs is 1. The first kappa shape index (κ1) is 20.5. The van der Waals surface area contributed by atoms with Crippen molar-refractivity contribution in [3.63, 3.8) is 0 Å². The number of imidazole rings is 1. The fourth-order valence-electron chi connectivity index (χ4n) is 2.91. The number of rotatable bonds is 4. The van der Waals surface area contributed by atoms with E-state index in [1.165, 1.54) is 0 Å². The van der Waals surface area contributed by atoms with Gasteiger partial charge in [0, 0.05) is 23.6 Å². The molecule has 0 atom stereocenters. The van der Waals surface area contributed by atoms with E-state index in [2.05, 4.69) is 15.3 Å². The third-order valence-electron chi connectivity index (χ3n) is 4.22. The zero-order chi connectivity index (χ0) is 22.2. The van der Waals surface area contributed by atoms with Crippen molar-refractivity contribution in [2.75, 3.05) is 11.1 Å². The maximum absolute atomic E-state index is 12.5. The molecule has 0 bridgehead atoms. The lowest BCUT2D eigenvalue weighted by Crippen LogP contribution is -2.23. The molecule has 0 unspecified atom stereocenters. The minimum atomic E-state index is -0.621. The number of thiazole rings is 1. The number of carbonyl (C=O) groups excluding carboxylic acids is 2. The van der Waals surface area contributed by atoms with E-state index >= 15 is 0 Å². The molecule has 0 fully saturated rings. The minimum absolute atomic E-state index is 0.191. The molecule has 0 aliphatic heterocycles. The van der Waals surface area contributed by atoms with Crippen LogP contribution in [0.4, 0.5) is 10.7 Å². The number of hydrogen-bond acceptors (Lipinski definition) is 7. The van der Waals surface area contributed by atoms with Crippen molar-refractivity contribution in [1.29, 1.82) is 0 Å². The van der Waals surface area contributed by atoms with Crippen LogP contribution in [-0.2, 0) is 4.74 Å². The van der Waals surface area contributed by atoms with Gasteiger partial charge in [0.2, 0.25) is 5.01 Å². The number of para-hydroxylation sites is 1. The van der Waals surface area contributed by atoms with Crippen LogP contribution in [0, 0.1) is 0 Å². The van der Waals surface area contributed by atoms with Crippen molar-refractivity contribution in [2.45, 2.75) is 26.4 Å². The second-order valence-corrected chi connectivity index (χ2v) is 8.89. The number of amides is 1. The molecule has 3 N–H and O–H groups in total. The molecule has 31 heavy (non-hydrogen) atoms. The summed E-state index contributed by atoms with van der Waals surface area (Å²) >= 11 is 1.08. The van der Waals surface area contributed by atoms with Gasteiger partial charge in [0.05, 0.1) is 0 Å². The number of hydrogen-bond donors (Lipinski definition) is 2. The second kappa shape index (κ2) is 7.84. The lowest BCUT2D eigenvalue weighted by Gasteiger charge is -2.18. The Kier molecular flexibility index (Phi) is 5.20. The highest BCUT2D eigenvalue weighted by atomic mass is 32.1. The summed E-state index contributed by atoms with van der Waals surface area (Å²) in [5.74, 6) is -0.823. The molecule has 0 aliphatic rings. The molecule has 1 aromatic carbocycles. The standard InChI is InChI=1S/C22H21N5O3S/c1-22(2,3)30-21(29)20-26-17(18(23)31-20)13-9-10-16-25-15(12-27(16)11-13)19(28)24-14-7-5-4-6-8-14/h4-12H,23H2,1-3H3,(H,24,28). The molecule has 158 valence electrons. The van der Waals surface area contributed by atoms with Crippen LogP contribution >= 0.6 is 11.3 Å². The maximum atomic E-state index is 12.5. The number of aromatic nitrogens is 3. The van der Waals surface area contributed by atoms with Gasteiger partial charge in [-0.3, -0.25) is 4.79 Å². The van der Waals surface area contributed by atoms with Crippen molar-refractivity contribution in [2.24, 2.45) is 0 Å². The molecule has 1 amide bonds. The highest BCUT2D eigenvalue weighted by Crippen LogP contribution is 2.31. The molecule has 0 saturated carbocycles.